The van der Waals surface area contributed by atoms with E-state index in [4.69, 9.17) is 19.2 Å². The number of para-hydroxylation sites is 1. The van der Waals surface area contributed by atoms with E-state index in [-0.39, 0.29) is 42.0 Å². The standard InChI is InChI=1S/C39H51N3O5/c1-35(2)34-29(40-24-11-5-6-12-24)21-30-38(46-34,47-35)18-17-36(3)37(4)23(19-27-26-15-9-10-16-28(26)42-33(27)37)20-31(39(30,36)44)45-22-32(43)41-25-13-7-8-14-25/h9-10,15-16,21,23-25,31,34,42,44H,5-8,11-14,17-20,22H2,1-4H3,(H,41,43)/b40-29-/t23?,31-,34?,36?,37+,38-,39-/m0/s1. The highest BCUT2D eigenvalue weighted by Gasteiger charge is 2.77. The number of aliphatic imine (C=N–C) groups is 1. The maximum atomic E-state index is 13.8. The third-order valence-electron chi connectivity index (χ3n) is 14.0. The molecule has 5 fully saturated rings. The van der Waals surface area contributed by atoms with E-state index in [2.05, 4.69) is 68.3 Å². The molecule has 1 aromatic heterocycles. The summed E-state index contributed by atoms with van der Waals surface area (Å²) in [6.07, 6.45) is 13.0. The molecule has 1 aromatic carbocycles. The largest absolute Gasteiger partial charge is 0.382 e. The third-order valence-corrected chi connectivity index (χ3v) is 14.0. The quantitative estimate of drug-likeness (QED) is 0.361. The van der Waals surface area contributed by atoms with Gasteiger partial charge in [0.2, 0.25) is 5.91 Å². The maximum absolute atomic E-state index is 13.8. The van der Waals surface area contributed by atoms with Crippen LogP contribution in [0.5, 0.6) is 0 Å². The molecule has 3 unspecified atom stereocenters. The van der Waals surface area contributed by atoms with Crippen molar-refractivity contribution in [3.8, 4) is 0 Å². The predicted molar refractivity (Wildman–Crippen MR) is 180 cm³/mol. The van der Waals surface area contributed by atoms with Crippen molar-refractivity contribution < 1.29 is 24.1 Å². The summed E-state index contributed by atoms with van der Waals surface area (Å²) in [4.78, 5) is 22.4. The minimum atomic E-state index is -1.47. The number of ether oxygens (including phenoxy) is 3. The number of benzene rings is 1. The molecule has 9 rings (SSSR count). The van der Waals surface area contributed by atoms with Crippen LogP contribution in [0.1, 0.15) is 110 Å². The highest BCUT2D eigenvalue weighted by atomic mass is 16.8. The Morgan fingerprint density at radius 3 is 2.60 bits per heavy atom. The molecule has 2 aromatic rings. The molecule has 7 atom stereocenters. The van der Waals surface area contributed by atoms with E-state index in [1.165, 1.54) is 29.5 Å². The number of aromatic amines is 1. The summed E-state index contributed by atoms with van der Waals surface area (Å²) in [5.74, 6) is -0.920. The van der Waals surface area contributed by atoms with Gasteiger partial charge in [-0.1, -0.05) is 57.7 Å². The van der Waals surface area contributed by atoms with Crippen molar-refractivity contribution in [3.63, 3.8) is 0 Å². The molecule has 1 saturated heterocycles. The maximum Gasteiger partial charge on any atom is 0.246 e. The topological polar surface area (TPSA) is 105 Å². The lowest BCUT2D eigenvalue weighted by atomic mass is 9.41. The molecule has 1 amide bonds. The number of rotatable bonds is 5. The molecule has 3 heterocycles. The van der Waals surface area contributed by atoms with Gasteiger partial charge in [-0.2, -0.15) is 0 Å². The van der Waals surface area contributed by atoms with Crippen LogP contribution in [0, 0.1) is 11.3 Å². The molecule has 3 N–H and O–H groups in total. The fourth-order valence-electron chi connectivity index (χ4n) is 11.5. The second-order valence-electron chi connectivity index (χ2n) is 16.8. The van der Waals surface area contributed by atoms with Crippen molar-refractivity contribution in [2.75, 3.05) is 6.61 Å². The second kappa shape index (κ2) is 10.3. The number of amides is 1. The second-order valence-corrected chi connectivity index (χ2v) is 16.8. The van der Waals surface area contributed by atoms with E-state index in [9.17, 15) is 9.90 Å². The number of aromatic nitrogens is 1. The first-order valence-electron chi connectivity index (χ1n) is 18.4. The van der Waals surface area contributed by atoms with Gasteiger partial charge in [-0.25, -0.2) is 0 Å². The van der Waals surface area contributed by atoms with E-state index in [0.717, 1.165) is 61.7 Å². The van der Waals surface area contributed by atoms with Gasteiger partial charge in [0.1, 0.15) is 18.3 Å². The molecule has 2 aliphatic heterocycles. The number of hydrogen-bond donors (Lipinski definition) is 3. The molecular formula is C39H51N3O5. The van der Waals surface area contributed by atoms with Crippen LogP contribution >= 0.6 is 0 Å². The van der Waals surface area contributed by atoms with Crippen LogP contribution in [-0.2, 0) is 30.8 Å². The lowest BCUT2D eigenvalue weighted by molar-refractivity contribution is -0.278. The number of H-pyrrole nitrogens is 1. The van der Waals surface area contributed by atoms with E-state index < -0.39 is 28.5 Å². The van der Waals surface area contributed by atoms with Crippen LogP contribution in [0.2, 0.25) is 0 Å². The number of aliphatic hydroxyl groups is 1. The Hall–Kier alpha value is -2.52. The summed E-state index contributed by atoms with van der Waals surface area (Å²) in [6.45, 7) is 8.75. The number of nitrogens with one attached hydrogen (secondary N) is 2. The Labute approximate surface area is 278 Å². The van der Waals surface area contributed by atoms with Gasteiger partial charge in [0, 0.05) is 45.5 Å². The van der Waals surface area contributed by atoms with Crippen LogP contribution in [0.15, 0.2) is 40.9 Å². The average Bonchev–Trinajstić information content (AvgIpc) is 3.87. The Kier molecular flexibility index (Phi) is 6.66. The van der Waals surface area contributed by atoms with Crippen molar-refractivity contribution in [2.45, 2.75) is 151 Å². The number of carbonyl (C=O) groups excluding carboxylic acids is 1. The van der Waals surface area contributed by atoms with Crippen molar-refractivity contribution in [1.29, 1.82) is 0 Å². The lowest BCUT2D eigenvalue weighted by Gasteiger charge is -2.67. The van der Waals surface area contributed by atoms with E-state index in [0.29, 0.717) is 19.3 Å². The Morgan fingerprint density at radius 1 is 1.06 bits per heavy atom. The fourth-order valence-corrected chi connectivity index (χ4v) is 11.5. The van der Waals surface area contributed by atoms with Gasteiger partial charge in [0.05, 0.1) is 23.5 Å². The van der Waals surface area contributed by atoms with Crippen LogP contribution in [0.3, 0.4) is 0 Å². The zero-order chi connectivity index (χ0) is 32.4. The van der Waals surface area contributed by atoms with Gasteiger partial charge in [-0.15, -0.1) is 0 Å². The average molecular weight is 642 g/mol. The van der Waals surface area contributed by atoms with Gasteiger partial charge >= 0.3 is 0 Å². The lowest BCUT2D eigenvalue weighted by Crippen LogP contribution is -2.75. The van der Waals surface area contributed by atoms with E-state index in [1.54, 1.807) is 0 Å². The zero-order valence-electron chi connectivity index (χ0n) is 28.5. The molecule has 8 nitrogen and oxygen atoms in total. The van der Waals surface area contributed by atoms with Crippen molar-refractivity contribution in [3.05, 3.63) is 47.2 Å². The highest BCUT2D eigenvalue weighted by Crippen LogP contribution is 2.72. The van der Waals surface area contributed by atoms with Crippen LogP contribution in [0.25, 0.3) is 10.9 Å². The molecule has 2 bridgehead atoms. The monoisotopic (exact) mass is 641 g/mol. The minimum absolute atomic E-state index is 0.0731. The van der Waals surface area contributed by atoms with Crippen molar-refractivity contribution >= 4 is 22.5 Å². The molecule has 7 aliphatic rings. The highest BCUT2D eigenvalue weighted by molar-refractivity contribution is 6.02. The first-order valence-corrected chi connectivity index (χ1v) is 18.4. The third kappa shape index (κ3) is 4.08. The summed E-state index contributed by atoms with van der Waals surface area (Å²) >= 11 is 0. The van der Waals surface area contributed by atoms with Gasteiger partial charge in [-0.05, 0) is 82.4 Å². The normalized spacial score (nSPS) is 41.5. The van der Waals surface area contributed by atoms with Gasteiger partial charge in [-0.3, -0.25) is 9.79 Å². The minimum Gasteiger partial charge on any atom is -0.382 e. The first kappa shape index (κ1) is 30.5. The number of fused-ring (bicyclic) bond motifs is 9. The molecule has 0 radical (unpaired) electrons. The first-order chi connectivity index (χ1) is 22.5. The predicted octanol–water partition coefficient (Wildman–Crippen LogP) is 6.19. The van der Waals surface area contributed by atoms with Crippen LogP contribution < -0.4 is 5.32 Å². The summed E-state index contributed by atoms with van der Waals surface area (Å²) in [6, 6.07) is 9.06. The Morgan fingerprint density at radius 2 is 1.81 bits per heavy atom. The smallest absolute Gasteiger partial charge is 0.246 e. The summed E-state index contributed by atoms with van der Waals surface area (Å²) in [7, 11) is 0. The fraction of sp³-hybridized carbons (Fsp3) is 0.692. The van der Waals surface area contributed by atoms with Gasteiger partial charge in [0.15, 0.2) is 5.79 Å². The van der Waals surface area contributed by atoms with Gasteiger partial charge < -0.3 is 29.6 Å². The zero-order valence-corrected chi connectivity index (χ0v) is 28.5. The Balaban J connectivity index is 1.18. The Bertz CT molecular complexity index is 1680. The molecule has 252 valence electrons. The van der Waals surface area contributed by atoms with Crippen molar-refractivity contribution in [2.24, 2.45) is 16.3 Å². The summed E-state index contributed by atoms with van der Waals surface area (Å²) < 4.78 is 20.7. The van der Waals surface area contributed by atoms with E-state index in [1.807, 2.05) is 0 Å². The molecule has 1 spiro atoms. The van der Waals surface area contributed by atoms with Crippen LogP contribution in [0.4, 0.5) is 0 Å². The number of nitrogens with zero attached hydrogens (tertiary/aromatic N) is 1. The van der Waals surface area contributed by atoms with Crippen LogP contribution in [-0.4, -0.2) is 69.6 Å². The summed E-state index contributed by atoms with van der Waals surface area (Å²) in [5, 5.41) is 18.3. The molecule has 4 saturated carbocycles. The molecular weight excluding hydrogens is 590 g/mol. The number of carbonyl (C=O) groups is 1. The molecule has 47 heavy (non-hydrogen) atoms. The van der Waals surface area contributed by atoms with E-state index >= 15 is 0 Å². The molecule has 8 heteroatoms. The van der Waals surface area contributed by atoms with Crippen molar-refractivity contribution in [1.82, 2.24) is 10.3 Å². The summed E-state index contributed by atoms with van der Waals surface area (Å²) in [5.41, 5.74) is 2.26. The SMILES string of the molecule is CC1(C)O[C@@]23CCC4(C)[C@@]5(C)c6[nH]c7ccccc7c6CC5C[C@H](OCC(=O)NC5CCCC5)[C@@]4(O)C2=C/C(=N/C2CCCC2)C1O3. The number of hydrogen-bond acceptors (Lipinski definition) is 6. The van der Waals surface area contributed by atoms with Gasteiger partial charge in [0.25, 0.3) is 0 Å². The molecule has 5 aliphatic carbocycles.